The lowest BCUT2D eigenvalue weighted by atomic mass is 10.3. The molecule has 0 saturated carbocycles. The van der Waals surface area contributed by atoms with Gasteiger partial charge in [0.25, 0.3) is 0 Å². The van der Waals surface area contributed by atoms with E-state index in [1.165, 1.54) is 0 Å². The van der Waals surface area contributed by atoms with Gasteiger partial charge in [-0.2, -0.15) is 4.98 Å². The first kappa shape index (κ1) is 14.9. The Kier molecular flexibility index (Phi) is 4.67. The highest BCUT2D eigenvalue weighted by atomic mass is 35.5. The fraction of sp³-hybridized carbons (Fsp3) is 0.385. The van der Waals surface area contributed by atoms with Crippen LogP contribution >= 0.6 is 22.9 Å². The van der Waals surface area contributed by atoms with E-state index in [1.54, 1.807) is 24.6 Å². The number of halogens is 1. The molecule has 0 aliphatic rings. The van der Waals surface area contributed by atoms with Crippen LogP contribution in [0.25, 0.3) is 0 Å². The second-order valence-electron chi connectivity index (χ2n) is 4.53. The summed E-state index contributed by atoms with van der Waals surface area (Å²) < 4.78 is 5.30. The topological polar surface area (TPSA) is 50.3 Å². The van der Waals surface area contributed by atoms with Gasteiger partial charge >= 0.3 is 0 Å². The summed E-state index contributed by atoms with van der Waals surface area (Å²) in [7, 11) is 5.53. The molecule has 2 aromatic rings. The molecule has 1 N–H and O–H groups in total. The SMILES string of the molecule is COc1nc(N(C)C)sc1CNc1cc(C)cnc1Cl. The van der Waals surface area contributed by atoms with E-state index in [9.17, 15) is 0 Å². The van der Waals surface area contributed by atoms with Crippen LogP contribution in [0.5, 0.6) is 5.88 Å². The zero-order valence-corrected chi connectivity index (χ0v) is 13.5. The summed E-state index contributed by atoms with van der Waals surface area (Å²) in [5.41, 5.74) is 1.87. The Hall–Kier alpha value is -1.53. The normalized spacial score (nSPS) is 10.4. The van der Waals surface area contributed by atoms with Gasteiger partial charge < -0.3 is 15.0 Å². The van der Waals surface area contributed by atoms with Crippen LogP contribution in [0.3, 0.4) is 0 Å². The molecule has 0 atom stereocenters. The van der Waals surface area contributed by atoms with Crippen LogP contribution < -0.4 is 15.0 Å². The van der Waals surface area contributed by atoms with Gasteiger partial charge in [-0.25, -0.2) is 4.98 Å². The molecule has 0 amide bonds. The van der Waals surface area contributed by atoms with Crippen LogP contribution in [-0.4, -0.2) is 31.2 Å². The number of thiazole rings is 1. The minimum Gasteiger partial charge on any atom is -0.480 e. The highest BCUT2D eigenvalue weighted by Gasteiger charge is 2.13. The number of methoxy groups -OCH3 is 1. The molecule has 0 aliphatic heterocycles. The minimum atomic E-state index is 0.465. The van der Waals surface area contributed by atoms with E-state index in [0.29, 0.717) is 17.6 Å². The summed E-state index contributed by atoms with van der Waals surface area (Å²) in [5, 5.41) is 4.65. The quantitative estimate of drug-likeness (QED) is 0.859. The van der Waals surface area contributed by atoms with Gasteiger partial charge in [0.15, 0.2) is 10.3 Å². The van der Waals surface area contributed by atoms with Crippen LogP contribution in [0.2, 0.25) is 5.15 Å². The fourth-order valence-electron chi connectivity index (χ4n) is 1.64. The minimum absolute atomic E-state index is 0.465. The fourth-order valence-corrected chi connectivity index (χ4v) is 2.70. The maximum absolute atomic E-state index is 6.07. The van der Waals surface area contributed by atoms with Crippen molar-refractivity contribution in [3.63, 3.8) is 0 Å². The maximum atomic E-state index is 6.07. The molecule has 0 unspecified atom stereocenters. The van der Waals surface area contributed by atoms with Crippen LogP contribution in [0.4, 0.5) is 10.8 Å². The summed E-state index contributed by atoms with van der Waals surface area (Å²) in [6.45, 7) is 2.57. The lowest BCUT2D eigenvalue weighted by Crippen LogP contribution is -2.07. The zero-order valence-electron chi connectivity index (χ0n) is 11.9. The molecule has 0 aromatic carbocycles. The number of nitrogens with one attached hydrogen (secondary N) is 1. The van der Waals surface area contributed by atoms with E-state index in [2.05, 4.69) is 15.3 Å². The molecule has 20 heavy (non-hydrogen) atoms. The van der Waals surface area contributed by atoms with Gasteiger partial charge in [-0.3, -0.25) is 0 Å². The van der Waals surface area contributed by atoms with Gasteiger partial charge in [0, 0.05) is 20.3 Å². The van der Waals surface area contributed by atoms with Crippen LogP contribution in [0.15, 0.2) is 12.3 Å². The van der Waals surface area contributed by atoms with E-state index >= 15 is 0 Å². The Bertz CT molecular complexity index is 600. The molecule has 2 heterocycles. The second-order valence-corrected chi connectivity index (χ2v) is 5.95. The zero-order chi connectivity index (χ0) is 14.7. The number of nitrogens with zero attached hydrogens (tertiary/aromatic N) is 3. The van der Waals surface area contributed by atoms with Crippen molar-refractivity contribution in [2.45, 2.75) is 13.5 Å². The van der Waals surface area contributed by atoms with Crippen molar-refractivity contribution in [2.75, 3.05) is 31.4 Å². The third-order valence-electron chi connectivity index (χ3n) is 2.64. The molecule has 108 valence electrons. The van der Waals surface area contributed by atoms with E-state index < -0.39 is 0 Å². The van der Waals surface area contributed by atoms with Gasteiger partial charge in [0.05, 0.1) is 24.2 Å². The Morgan fingerprint density at radius 1 is 1.45 bits per heavy atom. The number of ether oxygens (including phenoxy) is 1. The average Bonchev–Trinajstić information content (AvgIpc) is 2.83. The number of rotatable bonds is 5. The van der Waals surface area contributed by atoms with Crippen LogP contribution in [0, 0.1) is 6.92 Å². The first-order chi connectivity index (χ1) is 9.51. The van der Waals surface area contributed by atoms with E-state index in [4.69, 9.17) is 16.3 Å². The van der Waals surface area contributed by atoms with Crippen LogP contribution in [-0.2, 0) is 6.54 Å². The molecule has 7 heteroatoms. The number of pyridine rings is 1. The summed E-state index contributed by atoms with van der Waals surface area (Å²) in [5.74, 6) is 0.642. The van der Waals surface area contributed by atoms with Crippen molar-refractivity contribution in [1.82, 2.24) is 9.97 Å². The van der Waals surface area contributed by atoms with Crippen molar-refractivity contribution in [3.8, 4) is 5.88 Å². The van der Waals surface area contributed by atoms with Crippen molar-refractivity contribution in [3.05, 3.63) is 27.9 Å². The Morgan fingerprint density at radius 3 is 2.85 bits per heavy atom. The number of hydrogen-bond acceptors (Lipinski definition) is 6. The van der Waals surface area contributed by atoms with Crippen molar-refractivity contribution in [1.29, 1.82) is 0 Å². The predicted octanol–water partition coefficient (Wildman–Crippen LogP) is 3.19. The Balaban J connectivity index is 2.16. The maximum Gasteiger partial charge on any atom is 0.231 e. The number of anilines is 2. The van der Waals surface area contributed by atoms with Crippen LogP contribution in [0.1, 0.15) is 10.4 Å². The number of hydrogen-bond donors (Lipinski definition) is 1. The predicted molar refractivity (Wildman–Crippen MR) is 84.3 cm³/mol. The average molecular weight is 313 g/mol. The van der Waals surface area contributed by atoms with E-state index in [-0.39, 0.29) is 0 Å². The molecule has 0 radical (unpaired) electrons. The summed E-state index contributed by atoms with van der Waals surface area (Å²) in [6, 6.07) is 1.97. The third-order valence-corrected chi connectivity index (χ3v) is 4.15. The smallest absolute Gasteiger partial charge is 0.231 e. The van der Waals surface area contributed by atoms with Gasteiger partial charge in [0.2, 0.25) is 5.88 Å². The molecule has 5 nitrogen and oxygen atoms in total. The van der Waals surface area contributed by atoms with Crippen molar-refractivity contribution in [2.24, 2.45) is 0 Å². The van der Waals surface area contributed by atoms with Crippen molar-refractivity contribution < 1.29 is 4.74 Å². The second kappa shape index (κ2) is 6.28. The monoisotopic (exact) mass is 312 g/mol. The van der Waals surface area contributed by atoms with Gasteiger partial charge in [-0.15, -0.1) is 0 Å². The summed E-state index contributed by atoms with van der Waals surface area (Å²) in [4.78, 5) is 11.5. The summed E-state index contributed by atoms with van der Waals surface area (Å²) >= 11 is 7.65. The molecule has 0 fully saturated rings. The van der Waals surface area contributed by atoms with Gasteiger partial charge in [-0.05, 0) is 18.6 Å². The largest absolute Gasteiger partial charge is 0.480 e. The van der Waals surface area contributed by atoms with E-state index in [1.807, 2.05) is 32.0 Å². The number of aryl methyl sites for hydroxylation is 1. The molecule has 0 spiro atoms. The molecular weight excluding hydrogens is 296 g/mol. The van der Waals surface area contributed by atoms with Gasteiger partial charge in [-0.1, -0.05) is 22.9 Å². The first-order valence-corrected chi connectivity index (χ1v) is 7.27. The molecule has 2 rings (SSSR count). The van der Waals surface area contributed by atoms with Crippen molar-refractivity contribution >= 4 is 33.8 Å². The molecule has 0 bridgehead atoms. The third kappa shape index (κ3) is 3.32. The molecule has 0 aliphatic carbocycles. The molecule has 0 saturated heterocycles. The highest BCUT2D eigenvalue weighted by molar-refractivity contribution is 7.15. The lowest BCUT2D eigenvalue weighted by molar-refractivity contribution is 0.397. The van der Waals surface area contributed by atoms with Gasteiger partial charge in [0.1, 0.15) is 0 Å². The number of aromatic nitrogens is 2. The first-order valence-electron chi connectivity index (χ1n) is 6.08. The standard InChI is InChI=1S/C13H17ClN4OS/c1-8-5-9(11(14)16-6-8)15-7-10-12(19-4)17-13(20-10)18(2)3/h5-6,15H,7H2,1-4H3. The molecule has 2 aromatic heterocycles. The molecular formula is C13H17ClN4OS. The van der Waals surface area contributed by atoms with E-state index in [0.717, 1.165) is 21.3 Å². The Labute approximate surface area is 127 Å². The summed E-state index contributed by atoms with van der Waals surface area (Å²) in [6.07, 6.45) is 1.74. The Morgan fingerprint density at radius 2 is 2.20 bits per heavy atom. The highest BCUT2D eigenvalue weighted by Crippen LogP contribution is 2.31. The lowest BCUT2D eigenvalue weighted by Gasteiger charge is -2.08.